The Hall–Kier alpha value is -1.13. The number of hydrogen-bond acceptors (Lipinski definition) is 3. The van der Waals surface area contributed by atoms with Crippen molar-refractivity contribution in [2.75, 3.05) is 20.7 Å². The average molecular weight is 266 g/mol. The third-order valence-electron chi connectivity index (χ3n) is 2.68. The number of methoxy groups -OCH3 is 1. The molecule has 0 aliphatic rings. The second kappa shape index (κ2) is 6.71. The highest BCUT2D eigenvalue weighted by Crippen LogP contribution is 2.21. The molecule has 0 fully saturated rings. The highest BCUT2D eigenvalue weighted by molar-refractivity contribution is 7.80. The Morgan fingerprint density at radius 3 is 2.61 bits per heavy atom. The maximum Gasteiger partial charge on any atom is 0.123 e. The first-order valence-corrected chi connectivity index (χ1v) is 6.50. The lowest BCUT2D eigenvalue weighted by atomic mass is 10.1. The molecule has 0 saturated carbocycles. The molecule has 3 nitrogen and oxygen atoms in total. The van der Waals surface area contributed by atoms with E-state index in [9.17, 15) is 0 Å². The number of nitrogens with two attached hydrogens (primary N) is 1. The summed E-state index contributed by atoms with van der Waals surface area (Å²) >= 11 is 5.01. The van der Waals surface area contributed by atoms with Gasteiger partial charge in [-0.2, -0.15) is 0 Å². The molecule has 18 heavy (non-hydrogen) atoms. The molecule has 0 aliphatic heterocycles. The van der Waals surface area contributed by atoms with Gasteiger partial charge in [-0.15, -0.1) is 0 Å². The summed E-state index contributed by atoms with van der Waals surface area (Å²) in [6.45, 7) is 6.29. The molecule has 0 spiro atoms. The van der Waals surface area contributed by atoms with E-state index in [-0.39, 0.29) is 0 Å². The molecule has 100 valence electrons. The van der Waals surface area contributed by atoms with Crippen LogP contribution in [0.15, 0.2) is 18.2 Å². The highest BCUT2D eigenvalue weighted by atomic mass is 32.1. The van der Waals surface area contributed by atoms with Crippen LogP contribution >= 0.6 is 12.2 Å². The fourth-order valence-corrected chi connectivity index (χ4v) is 2.16. The summed E-state index contributed by atoms with van der Waals surface area (Å²) in [6.07, 6.45) is 0. The first-order valence-electron chi connectivity index (χ1n) is 6.09. The third kappa shape index (κ3) is 4.27. The fraction of sp³-hybridized carbons (Fsp3) is 0.500. The lowest BCUT2D eigenvalue weighted by molar-refractivity contribution is 0.283. The Morgan fingerprint density at radius 2 is 2.11 bits per heavy atom. The summed E-state index contributed by atoms with van der Waals surface area (Å²) in [5.74, 6) is 1.52. The van der Waals surface area contributed by atoms with Crippen LogP contribution in [0.5, 0.6) is 5.75 Å². The monoisotopic (exact) mass is 266 g/mol. The molecule has 0 saturated heterocycles. The molecular formula is C14H22N2OS. The van der Waals surface area contributed by atoms with Crippen LogP contribution in [0.3, 0.4) is 0 Å². The minimum atomic E-state index is 0.422. The molecule has 4 heteroatoms. The number of hydrogen-bond donors (Lipinski definition) is 1. The van der Waals surface area contributed by atoms with Crippen molar-refractivity contribution < 1.29 is 4.74 Å². The summed E-state index contributed by atoms with van der Waals surface area (Å²) in [4.78, 5) is 2.69. The molecule has 0 amide bonds. The topological polar surface area (TPSA) is 38.5 Å². The van der Waals surface area contributed by atoms with Crippen LogP contribution in [0.25, 0.3) is 0 Å². The molecule has 2 N–H and O–H groups in total. The molecule has 0 aromatic heterocycles. The summed E-state index contributed by atoms with van der Waals surface area (Å²) < 4.78 is 5.38. The lowest BCUT2D eigenvalue weighted by Crippen LogP contribution is -2.23. The average Bonchev–Trinajstić information content (AvgIpc) is 2.27. The quantitative estimate of drug-likeness (QED) is 0.803. The van der Waals surface area contributed by atoms with Crippen molar-refractivity contribution >= 4 is 17.2 Å². The van der Waals surface area contributed by atoms with Gasteiger partial charge in [0.25, 0.3) is 0 Å². The Morgan fingerprint density at radius 1 is 1.44 bits per heavy atom. The maximum atomic E-state index is 5.66. The molecule has 0 radical (unpaired) electrons. The van der Waals surface area contributed by atoms with E-state index < -0.39 is 0 Å². The van der Waals surface area contributed by atoms with Gasteiger partial charge in [0, 0.05) is 24.2 Å². The van der Waals surface area contributed by atoms with Crippen LogP contribution in [0.2, 0.25) is 0 Å². The second-order valence-corrected chi connectivity index (χ2v) is 5.42. The van der Waals surface area contributed by atoms with Gasteiger partial charge in [0.1, 0.15) is 10.7 Å². The zero-order chi connectivity index (χ0) is 13.7. The van der Waals surface area contributed by atoms with Gasteiger partial charge in [-0.05, 0) is 31.2 Å². The van der Waals surface area contributed by atoms with Crippen molar-refractivity contribution in [3.8, 4) is 5.75 Å². The van der Waals surface area contributed by atoms with Gasteiger partial charge < -0.3 is 15.4 Å². The first-order chi connectivity index (χ1) is 8.43. The van der Waals surface area contributed by atoms with E-state index in [0.717, 1.165) is 30.0 Å². The minimum absolute atomic E-state index is 0.422. The van der Waals surface area contributed by atoms with Crippen molar-refractivity contribution in [2.24, 2.45) is 11.7 Å². The zero-order valence-corrected chi connectivity index (χ0v) is 12.4. The molecular weight excluding hydrogens is 244 g/mol. The van der Waals surface area contributed by atoms with Gasteiger partial charge in [-0.3, -0.25) is 0 Å². The predicted molar refractivity (Wildman–Crippen MR) is 80.1 cm³/mol. The van der Waals surface area contributed by atoms with E-state index in [2.05, 4.69) is 25.8 Å². The SMILES string of the molecule is COc1ccc(C(N)=S)cc1CN(C)CC(C)C. The van der Waals surface area contributed by atoms with Crippen LogP contribution in [0.4, 0.5) is 0 Å². The van der Waals surface area contributed by atoms with E-state index in [1.54, 1.807) is 7.11 Å². The number of rotatable bonds is 6. The second-order valence-electron chi connectivity index (χ2n) is 4.98. The smallest absolute Gasteiger partial charge is 0.123 e. The van der Waals surface area contributed by atoms with Crippen molar-refractivity contribution in [3.05, 3.63) is 29.3 Å². The van der Waals surface area contributed by atoms with Gasteiger partial charge >= 0.3 is 0 Å². The van der Waals surface area contributed by atoms with Crippen molar-refractivity contribution in [1.82, 2.24) is 4.90 Å². The van der Waals surface area contributed by atoms with E-state index >= 15 is 0 Å². The van der Waals surface area contributed by atoms with Gasteiger partial charge in [0.15, 0.2) is 0 Å². The highest BCUT2D eigenvalue weighted by Gasteiger charge is 2.09. The minimum Gasteiger partial charge on any atom is -0.496 e. The number of thiocarbonyl (C=S) groups is 1. The normalized spacial score (nSPS) is 11.0. The summed E-state index contributed by atoms with van der Waals surface area (Å²) in [6, 6.07) is 5.83. The van der Waals surface area contributed by atoms with E-state index in [4.69, 9.17) is 22.7 Å². The molecule has 1 aromatic carbocycles. The van der Waals surface area contributed by atoms with Gasteiger partial charge in [0.2, 0.25) is 0 Å². The van der Waals surface area contributed by atoms with Crippen LogP contribution < -0.4 is 10.5 Å². The van der Waals surface area contributed by atoms with Crippen LogP contribution in [-0.4, -0.2) is 30.6 Å². The molecule has 0 bridgehead atoms. The van der Waals surface area contributed by atoms with Crippen molar-refractivity contribution in [3.63, 3.8) is 0 Å². The number of ether oxygens (including phenoxy) is 1. The predicted octanol–water partition coefficient (Wildman–Crippen LogP) is 2.42. The van der Waals surface area contributed by atoms with Crippen molar-refractivity contribution in [2.45, 2.75) is 20.4 Å². The molecule has 1 aromatic rings. The fourth-order valence-electron chi connectivity index (χ4n) is 2.03. The Balaban J connectivity index is 2.90. The zero-order valence-electron chi connectivity index (χ0n) is 11.6. The van der Waals surface area contributed by atoms with Crippen molar-refractivity contribution in [1.29, 1.82) is 0 Å². The number of nitrogens with zero attached hydrogens (tertiary/aromatic N) is 1. The molecule has 0 aliphatic carbocycles. The summed E-state index contributed by atoms with van der Waals surface area (Å²) in [5, 5.41) is 0. The molecule has 0 heterocycles. The molecule has 0 unspecified atom stereocenters. The number of benzene rings is 1. The summed E-state index contributed by atoms with van der Waals surface area (Å²) in [7, 11) is 3.79. The molecule has 1 rings (SSSR count). The largest absolute Gasteiger partial charge is 0.496 e. The molecule has 0 atom stereocenters. The van der Waals surface area contributed by atoms with Gasteiger partial charge in [-0.25, -0.2) is 0 Å². The Kier molecular flexibility index (Phi) is 5.56. The lowest BCUT2D eigenvalue weighted by Gasteiger charge is -2.20. The van der Waals surface area contributed by atoms with Crippen LogP contribution in [-0.2, 0) is 6.54 Å². The Bertz CT molecular complexity index is 418. The first kappa shape index (κ1) is 14.9. The Labute approximate surface area is 115 Å². The van der Waals surface area contributed by atoms with Gasteiger partial charge in [-0.1, -0.05) is 26.1 Å². The maximum absolute atomic E-state index is 5.66. The third-order valence-corrected chi connectivity index (χ3v) is 2.92. The van der Waals surface area contributed by atoms with E-state index in [0.29, 0.717) is 10.9 Å². The van der Waals surface area contributed by atoms with Crippen LogP contribution in [0.1, 0.15) is 25.0 Å². The summed E-state index contributed by atoms with van der Waals surface area (Å²) in [5.41, 5.74) is 7.67. The standard InChI is InChI=1S/C14H22N2OS/c1-10(2)8-16(3)9-12-7-11(14(15)18)5-6-13(12)17-4/h5-7,10H,8-9H2,1-4H3,(H2,15,18). The van der Waals surface area contributed by atoms with E-state index in [1.165, 1.54) is 0 Å². The van der Waals surface area contributed by atoms with E-state index in [1.807, 2.05) is 18.2 Å². The van der Waals surface area contributed by atoms with Gasteiger partial charge in [0.05, 0.1) is 7.11 Å². The van der Waals surface area contributed by atoms with Crippen LogP contribution in [0, 0.1) is 5.92 Å².